The van der Waals surface area contributed by atoms with Crippen molar-refractivity contribution in [2.24, 2.45) is 0 Å². The molecule has 0 fully saturated rings. The summed E-state index contributed by atoms with van der Waals surface area (Å²) in [7, 11) is 0. The van der Waals surface area contributed by atoms with E-state index < -0.39 is 11.7 Å². The number of anilines is 1. The van der Waals surface area contributed by atoms with Gasteiger partial charge in [0, 0.05) is 16.7 Å². The minimum absolute atomic E-state index is 0.415. The zero-order chi connectivity index (χ0) is 14.6. The lowest BCUT2D eigenvalue weighted by atomic mass is 10.1. The van der Waals surface area contributed by atoms with Crippen LogP contribution >= 0.6 is 11.3 Å². The van der Waals surface area contributed by atoms with Crippen LogP contribution in [-0.2, 0) is 11.2 Å². The van der Waals surface area contributed by atoms with Gasteiger partial charge in [0.1, 0.15) is 5.60 Å². The molecule has 0 aliphatic rings. The summed E-state index contributed by atoms with van der Waals surface area (Å²) in [5.74, 6) is 0. The van der Waals surface area contributed by atoms with Crippen LogP contribution in [0.3, 0.4) is 0 Å². The molecule has 0 spiro atoms. The third-order valence-electron chi connectivity index (χ3n) is 2.52. The summed E-state index contributed by atoms with van der Waals surface area (Å²) in [6, 6.07) is 12.3. The largest absolute Gasteiger partial charge is 0.444 e. The molecule has 0 atom stereocenters. The van der Waals surface area contributed by atoms with Crippen LogP contribution < -0.4 is 5.32 Å². The molecule has 3 nitrogen and oxygen atoms in total. The first-order valence-corrected chi connectivity index (χ1v) is 7.42. The van der Waals surface area contributed by atoms with Crippen molar-refractivity contribution in [1.29, 1.82) is 0 Å². The first kappa shape index (κ1) is 14.6. The highest BCUT2D eigenvalue weighted by atomic mass is 32.1. The van der Waals surface area contributed by atoms with E-state index in [9.17, 15) is 4.79 Å². The third kappa shape index (κ3) is 4.70. The fourth-order valence-electron chi connectivity index (χ4n) is 1.76. The summed E-state index contributed by atoms with van der Waals surface area (Å²) >= 11 is 1.63. The quantitative estimate of drug-likeness (QED) is 0.890. The lowest BCUT2D eigenvalue weighted by Gasteiger charge is -2.19. The highest BCUT2D eigenvalue weighted by Gasteiger charge is 2.16. The molecular formula is C16H19NO2S. The molecule has 0 saturated carbocycles. The van der Waals surface area contributed by atoms with Crippen LogP contribution in [0.25, 0.3) is 0 Å². The van der Waals surface area contributed by atoms with Crippen molar-refractivity contribution in [1.82, 2.24) is 0 Å². The van der Waals surface area contributed by atoms with Crippen molar-refractivity contribution in [3.63, 3.8) is 0 Å². The summed E-state index contributed by atoms with van der Waals surface area (Å²) in [4.78, 5) is 12.9. The van der Waals surface area contributed by atoms with Gasteiger partial charge in [0.25, 0.3) is 0 Å². The van der Waals surface area contributed by atoms with Crippen molar-refractivity contribution in [3.05, 3.63) is 52.2 Å². The zero-order valence-electron chi connectivity index (χ0n) is 12.0. The number of nitrogens with one attached hydrogen (secondary N) is 1. The minimum Gasteiger partial charge on any atom is -0.444 e. The molecule has 1 aromatic heterocycles. The van der Waals surface area contributed by atoms with E-state index in [1.54, 1.807) is 11.3 Å². The molecule has 20 heavy (non-hydrogen) atoms. The normalized spacial score (nSPS) is 11.2. The predicted molar refractivity (Wildman–Crippen MR) is 83.4 cm³/mol. The van der Waals surface area contributed by atoms with Crippen molar-refractivity contribution in [3.8, 4) is 0 Å². The van der Waals surface area contributed by atoms with Gasteiger partial charge in [-0.2, -0.15) is 0 Å². The van der Waals surface area contributed by atoms with Crippen LogP contribution in [0, 0.1) is 0 Å². The van der Waals surface area contributed by atoms with Gasteiger partial charge in [0.15, 0.2) is 0 Å². The molecule has 1 heterocycles. The van der Waals surface area contributed by atoms with Crippen LogP contribution in [0.15, 0.2) is 41.8 Å². The molecule has 0 aliphatic heterocycles. The number of ether oxygens (including phenoxy) is 1. The second-order valence-electron chi connectivity index (χ2n) is 5.59. The summed E-state index contributed by atoms with van der Waals surface area (Å²) in [5.41, 5.74) is 1.57. The Kier molecular flexibility index (Phi) is 4.45. The van der Waals surface area contributed by atoms with Crippen molar-refractivity contribution in [2.45, 2.75) is 32.8 Å². The van der Waals surface area contributed by atoms with E-state index in [4.69, 9.17) is 4.74 Å². The Morgan fingerprint density at radius 3 is 2.60 bits per heavy atom. The van der Waals surface area contributed by atoms with E-state index in [1.807, 2.05) is 50.4 Å². The Bertz CT molecular complexity index is 570. The molecule has 2 aromatic rings. The van der Waals surface area contributed by atoms with E-state index in [2.05, 4.69) is 17.4 Å². The smallest absolute Gasteiger partial charge is 0.412 e. The maximum atomic E-state index is 11.7. The van der Waals surface area contributed by atoms with Gasteiger partial charge >= 0.3 is 6.09 Å². The average molecular weight is 289 g/mol. The fourth-order valence-corrected chi connectivity index (χ4v) is 2.61. The SMILES string of the molecule is CC(C)(C)OC(=O)Nc1csc(Cc2ccccc2)c1. The fraction of sp³-hybridized carbons (Fsp3) is 0.312. The Labute approximate surface area is 123 Å². The lowest BCUT2D eigenvalue weighted by molar-refractivity contribution is 0.0636. The molecule has 0 radical (unpaired) electrons. The van der Waals surface area contributed by atoms with Crippen molar-refractivity contribution >= 4 is 23.1 Å². The Morgan fingerprint density at radius 2 is 1.95 bits per heavy atom. The zero-order valence-corrected chi connectivity index (χ0v) is 12.8. The number of hydrogen-bond acceptors (Lipinski definition) is 3. The first-order valence-electron chi connectivity index (χ1n) is 6.54. The molecule has 1 aromatic carbocycles. The molecule has 2 rings (SSSR count). The third-order valence-corrected chi connectivity index (χ3v) is 3.46. The van der Waals surface area contributed by atoms with E-state index in [-0.39, 0.29) is 0 Å². The molecule has 1 N–H and O–H groups in total. The standard InChI is InChI=1S/C16H19NO2S/c1-16(2,3)19-15(18)17-13-10-14(20-11-13)9-12-7-5-4-6-8-12/h4-8,10-11H,9H2,1-3H3,(H,17,18). The Balaban J connectivity index is 1.94. The molecule has 0 saturated heterocycles. The van der Waals surface area contributed by atoms with Gasteiger partial charge in [0.2, 0.25) is 0 Å². The average Bonchev–Trinajstić information content (AvgIpc) is 2.75. The van der Waals surface area contributed by atoms with Gasteiger partial charge in [-0.25, -0.2) is 4.79 Å². The van der Waals surface area contributed by atoms with Gasteiger partial charge < -0.3 is 4.74 Å². The summed E-state index contributed by atoms with van der Waals surface area (Å²) in [6.07, 6.45) is 0.461. The summed E-state index contributed by atoms with van der Waals surface area (Å²) in [5, 5.41) is 4.69. The van der Waals surface area contributed by atoms with E-state index in [0.717, 1.165) is 12.1 Å². The molecule has 106 valence electrons. The van der Waals surface area contributed by atoms with Crippen molar-refractivity contribution < 1.29 is 9.53 Å². The van der Waals surface area contributed by atoms with Gasteiger partial charge in [0.05, 0.1) is 5.69 Å². The van der Waals surface area contributed by atoms with Crippen LogP contribution in [0.1, 0.15) is 31.2 Å². The van der Waals surface area contributed by atoms with Crippen LogP contribution in [0.5, 0.6) is 0 Å². The number of thiophene rings is 1. The molecule has 0 aliphatic carbocycles. The maximum Gasteiger partial charge on any atom is 0.412 e. The lowest BCUT2D eigenvalue weighted by Crippen LogP contribution is -2.27. The highest BCUT2D eigenvalue weighted by molar-refractivity contribution is 7.10. The molecular weight excluding hydrogens is 270 g/mol. The van der Waals surface area contributed by atoms with E-state index in [1.165, 1.54) is 10.4 Å². The molecule has 4 heteroatoms. The first-order chi connectivity index (χ1) is 9.42. The second-order valence-corrected chi connectivity index (χ2v) is 6.59. The highest BCUT2D eigenvalue weighted by Crippen LogP contribution is 2.22. The van der Waals surface area contributed by atoms with Crippen LogP contribution in [0.2, 0.25) is 0 Å². The van der Waals surface area contributed by atoms with Crippen LogP contribution in [0.4, 0.5) is 10.5 Å². The van der Waals surface area contributed by atoms with Gasteiger partial charge in [-0.15, -0.1) is 11.3 Å². The molecule has 0 bridgehead atoms. The van der Waals surface area contributed by atoms with Crippen molar-refractivity contribution in [2.75, 3.05) is 5.32 Å². The van der Waals surface area contributed by atoms with Gasteiger partial charge in [-0.05, 0) is 32.4 Å². The Morgan fingerprint density at radius 1 is 1.25 bits per heavy atom. The summed E-state index contributed by atoms with van der Waals surface area (Å²) in [6.45, 7) is 5.54. The maximum absolute atomic E-state index is 11.7. The number of benzene rings is 1. The monoisotopic (exact) mass is 289 g/mol. The molecule has 0 unspecified atom stereocenters. The number of rotatable bonds is 3. The number of carbonyl (C=O) groups excluding carboxylic acids is 1. The minimum atomic E-state index is -0.479. The van der Waals surface area contributed by atoms with E-state index in [0.29, 0.717) is 0 Å². The van der Waals surface area contributed by atoms with E-state index >= 15 is 0 Å². The van der Waals surface area contributed by atoms with Gasteiger partial charge in [-0.1, -0.05) is 30.3 Å². The van der Waals surface area contributed by atoms with Gasteiger partial charge in [-0.3, -0.25) is 5.32 Å². The van der Waals surface area contributed by atoms with Crippen LogP contribution in [-0.4, -0.2) is 11.7 Å². The summed E-state index contributed by atoms with van der Waals surface area (Å²) < 4.78 is 5.22. The Hall–Kier alpha value is -1.81. The number of hydrogen-bond donors (Lipinski definition) is 1. The molecule has 1 amide bonds. The predicted octanol–water partition coefficient (Wildman–Crippen LogP) is 4.69. The number of carbonyl (C=O) groups is 1. The second kappa shape index (κ2) is 6.09. The number of amides is 1. The topological polar surface area (TPSA) is 38.3 Å².